The van der Waals surface area contributed by atoms with Gasteiger partial charge in [0, 0.05) is 17.4 Å². The van der Waals surface area contributed by atoms with E-state index in [-0.39, 0.29) is 23.2 Å². The molecule has 0 saturated heterocycles. The van der Waals surface area contributed by atoms with E-state index in [4.69, 9.17) is 0 Å². The van der Waals surface area contributed by atoms with E-state index in [0.29, 0.717) is 5.69 Å². The number of nitrogens with zero attached hydrogens (tertiary/aromatic N) is 2. The lowest BCUT2D eigenvalue weighted by Gasteiger charge is -2.30. The lowest BCUT2D eigenvalue weighted by molar-refractivity contribution is -0.391. The fourth-order valence-corrected chi connectivity index (χ4v) is 2.43. The summed E-state index contributed by atoms with van der Waals surface area (Å²) in [6, 6.07) is 2.80. The molecule has 1 amide bonds. The van der Waals surface area contributed by atoms with Gasteiger partial charge in [0.05, 0.1) is 7.05 Å². The highest BCUT2D eigenvalue weighted by Crippen LogP contribution is 2.23. The van der Waals surface area contributed by atoms with Gasteiger partial charge >= 0.3 is 5.82 Å². The second kappa shape index (κ2) is 6.39. The SMILES string of the molecule is Cn1c(C(=O)NC(CCBr)C(C)(C)C)ccc1[N+](=O)[O-]. The minimum absolute atomic E-state index is 0.0108. The minimum Gasteiger partial charge on any atom is -0.358 e. The van der Waals surface area contributed by atoms with E-state index in [0.717, 1.165) is 11.8 Å². The fourth-order valence-electron chi connectivity index (χ4n) is 1.97. The molecule has 20 heavy (non-hydrogen) atoms. The molecule has 7 heteroatoms. The molecule has 1 aromatic rings. The molecule has 1 unspecified atom stereocenters. The van der Waals surface area contributed by atoms with Gasteiger partial charge in [0.2, 0.25) is 0 Å². The van der Waals surface area contributed by atoms with Crippen molar-refractivity contribution >= 4 is 27.7 Å². The Morgan fingerprint density at radius 1 is 1.50 bits per heavy atom. The summed E-state index contributed by atoms with van der Waals surface area (Å²) in [5.74, 6) is -0.385. The molecular formula is C13H20BrN3O3. The lowest BCUT2D eigenvalue weighted by atomic mass is 9.85. The molecule has 1 rings (SSSR count). The number of hydrogen-bond acceptors (Lipinski definition) is 3. The van der Waals surface area contributed by atoms with Crippen LogP contribution in [0, 0.1) is 15.5 Å². The van der Waals surface area contributed by atoms with Crippen molar-refractivity contribution in [2.45, 2.75) is 33.2 Å². The minimum atomic E-state index is -0.503. The van der Waals surface area contributed by atoms with E-state index >= 15 is 0 Å². The monoisotopic (exact) mass is 345 g/mol. The van der Waals surface area contributed by atoms with E-state index in [1.165, 1.54) is 23.7 Å². The molecule has 0 saturated carbocycles. The molecule has 0 aliphatic heterocycles. The van der Waals surface area contributed by atoms with Crippen molar-refractivity contribution in [2.75, 3.05) is 5.33 Å². The van der Waals surface area contributed by atoms with Crippen LogP contribution in [0.15, 0.2) is 12.1 Å². The Balaban J connectivity index is 2.92. The van der Waals surface area contributed by atoms with Crippen LogP contribution in [0.3, 0.4) is 0 Å². The highest BCUT2D eigenvalue weighted by molar-refractivity contribution is 9.09. The molecule has 0 spiro atoms. The molecule has 6 nitrogen and oxygen atoms in total. The largest absolute Gasteiger partial charge is 0.358 e. The van der Waals surface area contributed by atoms with Gasteiger partial charge in [0.25, 0.3) is 5.91 Å². The van der Waals surface area contributed by atoms with Crippen LogP contribution in [0.5, 0.6) is 0 Å². The first-order valence-corrected chi connectivity index (χ1v) is 7.47. The standard InChI is InChI=1S/C13H20BrN3O3/c1-13(2,3)10(7-8-14)15-12(18)9-5-6-11(16(9)4)17(19)20/h5-6,10H,7-8H2,1-4H3,(H,15,18). The van der Waals surface area contributed by atoms with Gasteiger partial charge in [0.15, 0.2) is 5.69 Å². The van der Waals surface area contributed by atoms with Gasteiger partial charge in [-0.3, -0.25) is 4.79 Å². The Morgan fingerprint density at radius 3 is 2.50 bits per heavy atom. The number of aromatic nitrogens is 1. The van der Waals surface area contributed by atoms with Crippen LogP contribution in [0.25, 0.3) is 0 Å². The Hall–Kier alpha value is -1.37. The van der Waals surface area contributed by atoms with Gasteiger partial charge in [-0.1, -0.05) is 36.7 Å². The Morgan fingerprint density at radius 2 is 2.10 bits per heavy atom. The van der Waals surface area contributed by atoms with E-state index in [1.807, 2.05) is 20.8 Å². The molecule has 112 valence electrons. The summed E-state index contributed by atoms with van der Waals surface area (Å²) in [4.78, 5) is 22.5. The molecular weight excluding hydrogens is 326 g/mol. The smallest absolute Gasteiger partial charge is 0.323 e. The average Bonchev–Trinajstić information content (AvgIpc) is 2.69. The molecule has 0 radical (unpaired) electrons. The van der Waals surface area contributed by atoms with E-state index in [9.17, 15) is 14.9 Å². The molecule has 0 fully saturated rings. The summed E-state index contributed by atoms with van der Waals surface area (Å²) in [5, 5.41) is 14.5. The van der Waals surface area contributed by atoms with Gasteiger partial charge in [-0.2, -0.15) is 0 Å². The van der Waals surface area contributed by atoms with Crippen molar-refractivity contribution in [3.63, 3.8) is 0 Å². The third kappa shape index (κ3) is 3.82. The summed E-state index contributed by atoms with van der Waals surface area (Å²) < 4.78 is 1.29. The number of alkyl halides is 1. The summed E-state index contributed by atoms with van der Waals surface area (Å²) in [6.45, 7) is 6.15. The zero-order chi connectivity index (χ0) is 15.5. The molecule has 1 N–H and O–H groups in total. The number of carbonyl (C=O) groups excluding carboxylic acids is 1. The fraction of sp³-hybridized carbons (Fsp3) is 0.615. The molecule has 1 heterocycles. The number of nitro groups is 1. The first kappa shape index (κ1) is 16.7. The van der Waals surface area contributed by atoms with Crippen molar-refractivity contribution in [1.29, 1.82) is 0 Å². The second-order valence-corrected chi connectivity index (χ2v) is 6.56. The number of carbonyl (C=O) groups is 1. The molecule has 1 aromatic heterocycles. The number of amides is 1. The maximum atomic E-state index is 12.3. The molecule has 0 bridgehead atoms. The number of halogens is 1. The Labute approximate surface area is 126 Å². The van der Waals surface area contributed by atoms with Crippen LogP contribution in [-0.4, -0.2) is 26.8 Å². The van der Waals surface area contributed by atoms with E-state index in [1.54, 1.807) is 0 Å². The molecule has 0 aromatic carbocycles. The number of hydrogen-bond donors (Lipinski definition) is 1. The predicted octanol–water partition coefficient (Wildman–Crippen LogP) is 2.86. The highest BCUT2D eigenvalue weighted by atomic mass is 79.9. The number of rotatable bonds is 5. The van der Waals surface area contributed by atoms with Gasteiger partial charge in [-0.05, 0) is 22.8 Å². The van der Waals surface area contributed by atoms with Crippen LogP contribution in [0.1, 0.15) is 37.7 Å². The third-order valence-electron chi connectivity index (χ3n) is 3.26. The average molecular weight is 346 g/mol. The lowest BCUT2D eigenvalue weighted by Crippen LogP contribution is -2.44. The van der Waals surface area contributed by atoms with E-state index < -0.39 is 4.92 Å². The van der Waals surface area contributed by atoms with Crippen LogP contribution >= 0.6 is 15.9 Å². The summed E-state index contributed by atoms with van der Waals surface area (Å²) >= 11 is 3.38. The van der Waals surface area contributed by atoms with Gasteiger partial charge in [-0.25, -0.2) is 4.57 Å². The maximum Gasteiger partial charge on any atom is 0.323 e. The van der Waals surface area contributed by atoms with Crippen LogP contribution in [0.4, 0.5) is 5.82 Å². The first-order valence-electron chi connectivity index (χ1n) is 6.35. The van der Waals surface area contributed by atoms with Crippen molar-refractivity contribution in [3.8, 4) is 0 Å². The summed E-state index contributed by atoms with van der Waals surface area (Å²) in [6.07, 6.45) is 0.793. The van der Waals surface area contributed by atoms with Gasteiger partial charge in [-0.15, -0.1) is 0 Å². The third-order valence-corrected chi connectivity index (χ3v) is 3.72. The second-order valence-electron chi connectivity index (χ2n) is 5.76. The molecule has 0 aliphatic rings. The van der Waals surface area contributed by atoms with Crippen molar-refractivity contribution in [1.82, 2.24) is 9.88 Å². The quantitative estimate of drug-likeness (QED) is 0.506. The van der Waals surface area contributed by atoms with E-state index in [2.05, 4.69) is 21.2 Å². The normalized spacial score (nSPS) is 13.1. The van der Waals surface area contributed by atoms with Crippen LogP contribution in [-0.2, 0) is 7.05 Å². The van der Waals surface area contributed by atoms with Crippen LogP contribution in [0.2, 0.25) is 0 Å². The predicted molar refractivity (Wildman–Crippen MR) is 81.2 cm³/mol. The number of nitrogens with one attached hydrogen (secondary N) is 1. The van der Waals surface area contributed by atoms with Crippen LogP contribution < -0.4 is 5.32 Å². The van der Waals surface area contributed by atoms with Crippen molar-refractivity contribution < 1.29 is 9.72 Å². The van der Waals surface area contributed by atoms with Crippen molar-refractivity contribution in [3.05, 3.63) is 27.9 Å². The first-order chi connectivity index (χ1) is 9.18. The zero-order valence-corrected chi connectivity index (χ0v) is 13.7. The molecule has 1 atom stereocenters. The molecule has 0 aliphatic carbocycles. The van der Waals surface area contributed by atoms with Crippen molar-refractivity contribution in [2.24, 2.45) is 12.5 Å². The van der Waals surface area contributed by atoms with Gasteiger partial charge < -0.3 is 15.4 Å². The topological polar surface area (TPSA) is 77.2 Å². The zero-order valence-electron chi connectivity index (χ0n) is 12.1. The summed E-state index contributed by atoms with van der Waals surface area (Å²) in [7, 11) is 1.52. The summed E-state index contributed by atoms with van der Waals surface area (Å²) in [5.41, 5.74) is 0.209. The van der Waals surface area contributed by atoms with Gasteiger partial charge in [0.1, 0.15) is 0 Å². The highest BCUT2D eigenvalue weighted by Gasteiger charge is 2.28. The Bertz CT molecular complexity index is 505. The Kier molecular flexibility index (Phi) is 5.33. The maximum absolute atomic E-state index is 12.3.